The van der Waals surface area contributed by atoms with Gasteiger partial charge in [0.2, 0.25) is 5.91 Å². The summed E-state index contributed by atoms with van der Waals surface area (Å²) in [5.74, 6) is -2.20. The molecule has 2 aromatic rings. The molecule has 1 aliphatic heterocycles. The summed E-state index contributed by atoms with van der Waals surface area (Å²) in [4.78, 5) is 29.9. The van der Waals surface area contributed by atoms with E-state index in [0.717, 1.165) is 35.7 Å². The molecule has 144 valence electrons. The number of nitrogens with one attached hydrogen (secondary N) is 1. The smallest absolute Gasteiger partial charge is 0.253 e. The Morgan fingerprint density at radius 1 is 1.33 bits per heavy atom. The first-order valence-corrected chi connectivity index (χ1v) is 9.75. The van der Waals surface area contributed by atoms with Crippen molar-refractivity contribution in [2.45, 2.75) is 32.1 Å². The molecule has 1 N–H and O–H groups in total. The Labute approximate surface area is 160 Å². The Kier molecular flexibility index (Phi) is 6.15. The van der Waals surface area contributed by atoms with Crippen LogP contribution in [0.2, 0.25) is 0 Å². The van der Waals surface area contributed by atoms with Crippen molar-refractivity contribution in [2.75, 3.05) is 19.6 Å². The van der Waals surface area contributed by atoms with E-state index >= 15 is 0 Å². The molecule has 0 saturated carbocycles. The van der Waals surface area contributed by atoms with Gasteiger partial charge in [-0.25, -0.2) is 13.8 Å². The highest BCUT2D eigenvalue weighted by Gasteiger charge is 2.27. The van der Waals surface area contributed by atoms with Crippen molar-refractivity contribution in [3.8, 4) is 0 Å². The van der Waals surface area contributed by atoms with Crippen molar-refractivity contribution in [2.24, 2.45) is 0 Å². The van der Waals surface area contributed by atoms with Gasteiger partial charge in [0.15, 0.2) is 11.6 Å². The average Bonchev–Trinajstić information content (AvgIpc) is 3.12. The van der Waals surface area contributed by atoms with Crippen molar-refractivity contribution in [3.63, 3.8) is 0 Å². The van der Waals surface area contributed by atoms with Crippen LogP contribution in [0.4, 0.5) is 8.78 Å². The summed E-state index contributed by atoms with van der Waals surface area (Å²) >= 11 is 1.56. The van der Waals surface area contributed by atoms with Crippen LogP contribution >= 0.6 is 11.3 Å². The summed E-state index contributed by atoms with van der Waals surface area (Å²) in [5, 5.41) is 5.69. The lowest BCUT2D eigenvalue weighted by atomic mass is 9.98. The van der Waals surface area contributed by atoms with Gasteiger partial charge in [-0.15, -0.1) is 11.3 Å². The molecular formula is C19H21F2N3O2S. The Bertz CT molecular complexity index is 840. The Morgan fingerprint density at radius 3 is 2.89 bits per heavy atom. The second-order valence-electron chi connectivity index (χ2n) is 6.63. The Hall–Kier alpha value is -2.35. The lowest BCUT2D eigenvalue weighted by Gasteiger charge is -2.32. The zero-order chi connectivity index (χ0) is 19.4. The van der Waals surface area contributed by atoms with Gasteiger partial charge in [0, 0.05) is 49.8 Å². The number of amides is 2. The maximum absolute atomic E-state index is 13.4. The van der Waals surface area contributed by atoms with E-state index in [9.17, 15) is 18.4 Å². The van der Waals surface area contributed by atoms with E-state index in [1.807, 2.05) is 5.38 Å². The minimum atomic E-state index is -1.02. The second kappa shape index (κ2) is 8.56. The van der Waals surface area contributed by atoms with Gasteiger partial charge in [0.25, 0.3) is 5.91 Å². The quantitative estimate of drug-likeness (QED) is 0.849. The van der Waals surface area contributed by atoms with Crippen LogP contribution in [0.1, 0.15) is 46.7 Å². The van der Waals surface area contributed by atoms with Crippen LogP contribution in [0.5, 0.6) is 0 Å². The monoisotopic (exact) mass is 393 g/mol. The number of carbonyl (C=O) groups excluding carboxylic acids is 2. The third kappa shape index (κ3) is 4.88. The fraction of sp³-hybridized carbons (Fsp3) is 0.421. The van der Waals surface area contributed by atoms with Gasteiger partial charge in [-0.2, -0.15) is 0 Å². The molecule has 0 unspecified atom stereocenters. The molecule has 27 heavy (non-hydrogen) atoms. The van der Waals surface area contributed by atoms with Crippen LogP contribution in [0.25, 0.3) is 0 Å². The highest BCUT2D eigenvalue weighted by Crippen LogP contribution is 2.30. The van der Waals surface area contributed by atoms with Crippen LogP contribution in [0, 0.1) is 11.6 Å². The van der Waals surface area contributed by atoms with Gasteiger partial charge in [-0.05, 0) is 31.0 Å². The van der Waals surface area contributed by atoms with Gasteiger partial charge in [-0.3, -0.25) is 9.59 Å². The molecule has 1 aliphatic rings. The fourth-order valence-electron chi connectivity index (χ4n) is 3.17. The topological polar surface area (TPSA) is 62.3 Å². The fourth-order valence-corrected chi connectivity index (χ4v) is 4.15. The first kappa shape index (κ1) is 19.4. The molecule has 5 nitrogen and oxygen atoms in total. The van der Waals surface area contributed by atoms with E-state index in [2.05, 4.69) is 10.3 Å². The zero-order valence-corrected chi connectivity index (χ0v) is 15.8. The van der Waals surface area contributed by atoms with Crippen LogP contribution in [-0.4, -0.2) is 41.3 Å². The molecule has 0 spiro atoms. The van der Waals surface area contributed by atoms with E-state index in [0.29, 0.717) is 26.1 Å². The molecule has 1 aromatic heterocycles. The standard InChI is InChI=1S/C19H21F2N3O2S/c1-12(25)22-7-6-15-11-27-18(23-15)14-3-2-8-24(10-14)19(26)13-4-5-16(20)17(21)9-13/h4-5,9,11,14H,2-3,6-8,10H2,1H3,(H,22,25)/t14-/m1/s1. The predicted octanol–water partition coefficient (Wildman–Crippen LogP) is 3.12. The molecule has 3 rings (SSSR count). The van der Waals surface area contributed by atoms with Crippen LogP contribution in [0.15, 0.2) is 23.6 Å². The molecule has 1 atom stereocenters. The highest BCUT2D eigenvalue weighted by atomic mass is 32.1. The largest absolute Gasteiger partial charge is 0.356 e. The molecule has 8 heteroatoms. The number of thiazole rings is 1. The minimum Gasteiger partial charge on any atom is -0.356 e. The van der Waals surface area contributed by atoms with Crippen LogP contribution in [0.3, 0.4) is 0 Å². The number of rotatable bonds is 5. The second-order valence-corrected chi connectivity index (χ2v) is 7.52. The van der Waals surface area contributed by atoms with Gasteiger partial charge in [0.05, 0.1) is 10.7 Å². The normalized spacial score (nSPS) is 17.0. The van der Waals surface area contributed by atoms with Gasteiger partial charge >= 0.3 is 0 Å². The lowest BCUT2D eigenvalue weighted by Crippen LogP contribution is -2.39. The number of nitrogens with zero attached hydrogens (tertiary/aromatic N) is 2. The van der Waals surface area contributed by atoms with Crippen molar-refractivity contribution in [3.05, 3.63) is 51.5 Å². The number of hydrogen-bond donors (Lipinski definition) is 1. The molecule has 0 bridgehead atoms. The van der Waals surface area contributed by atoms with Gasteiger partial charge < -0.3 is 10.2 Å². The number of aromatic nitrogens is 1. The van der Waals surface area contributed by atoms with E-state index in [1.165, 1.54) is 13.0 Å². The number of piperidine rings is 1. The van der Waals surface area contributed by atoms with Crippen molar-refractivity contribution in [1.29, 1.82) is 0 Å². The summed E-state index contributed by atoms with van der Waals surface area (Å²) in [6.07, 6.45) is 2.43. The lowest BCUT2D eigenvalue weighted by molar-refractivity contribution is -0.118. The third-order valence-electron chi connectivity index (χ3n) is 4.55. The van der Waals surface area contributed by atoms with Crippen molar-refractivity contribution < 1.29 is 18.4 Å². The Balaban J connectivity index is 1.63. The predicted molar refractivity (Wildman–Crippen MR) is 98.7 cm³/mol. The number of likely N-dealkylation sites (tertiary alicyclic amines) is 1. The van der Waals surface area contributed by atoms with Gasteiger partial charge in [-0.1, -0.05) is 0 Å². The van der Waals surface area contributed by atoms with E-state index < -0.39 is 11.6 Å². The number of carbonyl (C=O) groups is 2. The maximum atomic E-state index is 13.4. The first-order valence-electron chi connectivity index (χ1n) is 8.87. The Morgan fingerprint density at radius 2 is 2.15 bits per heavy atom. The molecule has 0 aliphatic carbocycles. The molecule has 2 amide bonds. The van der Waals surface area contributed by atoms with E-state index in [-0.39, 0.29) is 23.3 Å². The molecule has 1 saturated heterocycles. The minimum absolute atomic E-state index is 0.0656. The molecule has 0 radical (unpaired) electrons. The van der Waals surface area contributed by atoms with Crippen LogP contribution < -0.4 is 5.32 Å². The van der Waals surface area contributed by atoms with Crippen molar-refractivity contribution >= 4 is 23.2 Å². The molecule has 2 heterocycles. The number of halogens is 2. The van der Waals surface area contributed by atoms with Crippen LogP contribution in [-0.2, 0) is 11.2 Å². The maximum Gasteiger partial charge on any atom is 0.253 e. The summed E-state index contributed by atoms with van der Waals surface area (Å²) in [6, 6.07) is 3.24. The first-order chi connectivity index (χ1) is 12.9. The van der Waals surface area contributed by atoms with E-state index in [1.54, 1.807) is 16.2 Å². The highest BCUT2D eigenvalue weighted by molar-refractivity contribution is 7.09. The summed E-state index contributed by atoms with van der Waals surface area (Å²) in [7, 11) is 0. The molecular weight excluding hydrogens is 372 g/mol. The van der Waals surface area contributed by atoms with E-state index in [4.69, 9.17) is 0 Å². The summed E-state index contributed by atoms with van der Waals surface area (Å²) in [5.41, 5.74) is 1.08. The van der Waals surface area contributed by atoms with Gasteiger partial charge in [0.1, 0.15) is 0 Å². The average molecular weight is 393 g/mol. The van der Waals surface area contributed by atoms with Crippen molar-refractivity contribution in [1.82, 2.24) is 15.2 Å². The summed E-state index contributed by atoms with van der Waals surface area (Å²) in [6.45, 7) is 3.13. The summed E-state index contributed by atoms with van der Waals surface area (Å²) < 4.78 is 26.5. The SMILES string of the molecule is CC(=O)NCCc1csc([C@@H]2CCCN(C(=O)c3ccc(F)c(F)c3)C2)n1. The zero-order valence-electron chi connectivity index (χ0n) is 15.0. The molecule has 1 fully saturated rings. The molecule has 1 aromatic carbocycles. The number of benzene rings is 1. The third-order valence-corrected chi connectivity index (χ3v) is 5.61. The number of hydrogen-bond acceptors (Lipinski definition) is 4.